The van der Waals surface area contributed by atoms with E-state index < -0.39 is 34.7 Å². The Morgan fingerprint density at radius 2 is 1.93 bits per heavy atom. The van der Waals surface area contributed by atoms with Gasteiger partial charge in [-0.05, 0) is 13.0 Å². The summed E-state index contributed by atoms with van der Waals surface area (Å²) >= 11 is 5.84. The maximum atomic E-state index is 13.1. The first kappa shape index (κ1) is 20.1. The highest BCUT2D eigenvalue weighted by Crippen LogP contribution is 2.35. The van der Waals surface area contributed by atoms with Gasteiger partial charge < -0.3 is 4.90 Å². The zero-order chi connectivity index (χ0) is 21.6. The summed E-state index contributed by atoms with van der Waals surface area (Å²) < 4.78 is 53.6. The minimum Gasteiger partial charge on any atom is -0.329 e. The van der Waals surface area contributed by atoms with Gasteiger partial charge in [0.15, 0.2) is 11.5 Å². The number of hydrogen-bond donors (Lipinski definition) is 0. The molecule has 1 atom stereocenters. The number of pyridine rings is 1. The molecular formula is C17H12ClF4N7O. The molecule has 30 heavy (non-hydrogen) atoms. The standard InChI is InChI=1S/C17H12ClF4N7O/c1-8-4-12-11(26-27-29(12)16-24-5-9(19)6-25-16)7-28(8)15(30)10-2-3-23-14(13(10)18)17(20,21)22/h2-3,5-6,8H,4,7H2,1H3/t8-/m0/s1. The van der Waals surface area contributed by atoms with E-state index in [1.165, 1.54) is 9.58 Å². The summed E-state index contributed by atoms with van der Waals surface area (Å²) in [6, 6.07) is 0.729. The Kier molecular flexibility index (Phi) is 4.88. The topological polar surface area (TPSA) is 89.7 Å². The Balaban J connectivity index is 1.65. The van der Waals surface area contributed by atoms with Crippen LogP contribution in [0.5, 0.6) is 0 Å². The molecule has 0 saturated carbocycles. The minimum absolute atomic E-state index is 0.00344. The number of carbonyl (C=O) groups excluding carboxylic acids is 1. The number of amides is 1. The summed E-state index contributed by atoms with van der Waals surface area (Å²) in [6.07, 6.45) is -1.63. The van der Waals surface area contributed by atoms with Gasteiger partial charge in [-0.3, -0.25) is 9.78 Å². The van der Waals surface area contributed by atoms with E-state index in [0.29, 0.717) is 11.4 Å². The van der Waals surface area contributed by atoms with Crippen LogP contribution in [0, 0.1) is 5.82 Å². The molecule has 3 aromatic heterocycles. The number of alkyl halides is 3. The van der Waals surface area contributed by atoms with E-state index in [1.807, 2.05) is 0 Å². The van der Waals surface area contributed by atoms with E-state index in [1.54, 1.807) is 6.92 Å². The van der Waals surface area contributed by atoms with Crippen molar-refractivity contribution in [3.63, 3.8) is 0 Å². The molecule has 4 heterocycles. The highest BCUT2D eigenvalue weighted by atomic mass is 35.5. The van der Waals surface area contributed by atoms with Crippen LogP contribution in [-0.4, -0.2) is 46.8 Å². The zero-order valence-electron chi connectivity index (χ0n) is 15.2. The van der Waals surface area contributed by atoms with Gasteiger partial charge >= 0.3 is 6.18 Å². The summed E-state index contributed by atoms with van der Waals surface area (Å²) in [5.74, 6) is -1.17. The van der Waals surface area contributed by atoms with Crippen LogP contribution in [0.4, 0.5) is 17.6 Å². The second-order valence-corrected chi connectivity index (χ2v) is 6.98. The molecule has 0 fully saturated rings. The van der Waals surface area contributed by atoms with Crippen LogP contribution in [-0.2, 0) is 19.1 Å². The number of fused-ring (bicyclic) bond motifs is 1. The zero-order valence-corrected chi connectivity index (χ0v) is 16.0. The number of rotatable bonds is 2. The average Bonchev–Trinajstić information content (AvgIpc) is 3.09. The molecule has 0 saturated heterocycles. The van der Waals surface area contributed by atoms with Gasteiger partial charge in [-0.25, -0.2) is 14.4 Å². The minimum atomic E-state index is -4.79. The third-order valence-corrected chi connectivity index (χ3v) is 5.01. The lowest BCUT2D eigenvalue weighted by atomic mass is 10.0. The first-order chi connectivity index (χ1) is 14.2. The molecule has 4 rings (SSSR count). The van der Waals surface area contributed by atoms with Gasteiger partial charge in [0, 0.05) is 18.7 Å². The van der Waals surface area contributed by atoms with Crippen molar-refractivity contribution in [3.8, 4) is 5.95 Å². The monoisotopic (exact) mass is 441 g/mol. The molecule has 3 aromatic rings. The maximum Gasteiger partial charge on any atom is 0.434 e. The van der Waals surface area contributed by atoms with Crippen LogP contribution in [0.15, 0.2) is 24.7 Å². The molecule has 1 amide bonds. The van der Waals surface area contributed by atoms with E-state index in [-0.39, 0.29) is 24.5 Å². The first-order valence-electron chi connectivity index (χ1n) is 8.61. The number of nitrogens with zero attached hydrogens (tertiary/aromatic N) is 7. The van der Waals surface area contributed by atoms with E-state index in [0.717, 1.165) is 24.7 Å². The fraction of sp³-hybridized carbons (Fsp3) is 0.294. The number of carbonyl (C=O) groups is 1. The predicted molar refractivity (Wildman–Crippen MR) is 94.2 cm³/mol. The van der Waals surface area contributed by atoms with E-state index in [2.05, 4.69) is 25.3 Å². The highest BCUT2D eigenvalue weighted by Gasteiger charge is 2.38. The third-order valence-electron chi connectivity index (χ3n) is 4.63. The lowest BCUT2D eigenvalue weighted by Gasteiger charge is -2.33. The van der Waals surface area contributed by atoms with Crippen molar-refractivity contribution in [3.05, 3.63) is 58.1 Å². The molecule has 0 bridgehead atoms. The number of aromatic nitrogens is 6. The van der Waals surface area contributed by atoms with Crippen LogP contribution < -0.4 is 0 Å². The van der Waals surface area contributed by atoms with Crippen LogP contribution in [0.2, 0.25) is 5.02 Å². The van der Waals surface area contributed by atoms with Crippen molar-refractivity contribution in [2.24, 2.45) is 0 Å². The molecule has 1 aliphatic rings. The van der Waals surface area contributed by atoms with E-state index in [9.17, 15) is 22.4 Å². The van der Waals surface area contributed by atoms with Gasteiger partial charge in [0.05, 0.1) is 35.2 Å². The summed E-state index contributed by atoms with van der Waals surface area (Å²) in [7, 11) is 0. The van der Waals surface area contributed by atoms with Crippen molar-refractivity contribution in [1.82, 2.24) is 34.8 Å². The van der Waals surface area contributed by atoms with Gasteiger partial charge in [-0.15, -0.1) is 5.10 Å². The Morgan fingerprint density at radius 3 is 2.60 bits per heavy atom. The normalized spacial score (nSPS) is 16.5. The molecule has 0 aromatic carbocycles. The fourth-order valence-electron chi connectivity index (χ4n) is 3.18. The molecule has 0 N–H and O–H groups in total. The second-order valence-electron chi connectivity index (χ2n) is 6.60. The van der Waals surface area contributed by atoms with Crippen molar-refractivity contribution in [2.75, 3.05) is 0 Å². The van der Waals surface area contributed by atoms with Crippen LogP contribution in [0.1, 0.15) is 34.4 Å². The largest absolute Gasteiger partial charge is 0.434 e. The Hall–Kier alpha value is -3.15. The van der Waals surface area contributed by atoms with Crippen LogP contribution in [0.25, 0.3) is 5.95 Å². The fourth-order valence-corrected chi connectivity index (χ4v) is 3.48. The van der Waals surface area contributed by atoms with Gasteiger partial charge in [-0.2, -0.15) is 17.9 Å². The van der Waals surface area contributed by atoms with Crippen molar-refractivity contribution < 1.29 is 22.4 Å². The maximum absolute atomic E-state index is 13.1. The summed E-state index contributed by atoms with van der Waals surface area (Å²) in [4.78, 5) is 25.3. The molecule has 0 unspecified atom stereocenters. The molecule has 0 radical (unpaired) electrons. The molecule has 0 aliphatic carbocycles. The quantitative estimate of drug-likeness (QED) is 0.568. The molecular weight excluding hydrogens is 430 g/mol. The van der Waals surface area contributed by atoms with Crippen molar-refractivity contribution in [1.29, 1.82) is 0 Å². The smallest absolute Gasteiger partial charge is 0.329 e. The number of hydrogen-bond acceptors (Lipinski definition) is 6. The van der Waals surface area contributed by atoms with Crippen LogP contribution in [0.3, 0.4) is 0 Å². The summed E-state index contributed by atoms with van der Waals surface area (Å²) in [5, 5.41) is 7.22. The van der Waals surface area contributed by atoms with Gasteiger partial charge in [0.1, 0.15) is 5.69 Å². The third kappa shape index (κ3) is 3.47. The van der Waals surface area contributed by atoms with Gasteiger partial charge in [-0.1, -0.05) is 16.8 Å². The SMILES string of the molecule is C[C@H]1Cc2c(nnn2-c2ncc(F)cn2)CN1C(=O)c1ccnc(C(F)(F)F)c1Cl. The van der Waals surface area contributed by atoms with Crippen molar-refractivity contribution in [2.45, 2.75) is 32.1 Å². The Morgan fingerprint density at radius 1 is 1.23 bits per heavy atom. The van der Waals surface area contributed by atoms with E-state index >= 15 is 0 Å². The molecule has 13 heteroatoms. The van der Waals surface area contributed by atoms with Crippen LogP contribution >= 0.6 is 11.6 Å². The molecule has 0 spiro atoms. The van der Waals surface area contributed by atoms with Gasteiger partial charge in [0.2, 0.25) is 0 Å². The lowest BCUT2D eigenvalue weighted by molar-refractivity contribution is -0.141. The molecule has 156 valence electrons. The Bertz CT molecular complexity index is 1120. The highest BCUT2D eigenvalue weighted by molar-refractivity contribution is 6.34. The van der Waals surface area contributed by atoms with Crippen molar-refractivity contribution >= 4 is 17.5 Å². The van der Waals surface area contributed by atoms with Gasteiger partial charge in [0.25, 0.3) is 11.9 Å². The number of halogens is 5. The lowest BCUT2D eigenvalue weighted by Crippen LogP contribution is -2.43. The summed E-state index contributed by atoms with van der Waals surface area (Å²) in [6.45, 7) is 1.72. The van der Waals surface area contributed by atoms with E-state index in [4.69, 9.17) is 11.6 Å². The Labute approximate surface area is 171 Å². The average molecular weight is 442 g/mol. The predicted octanol–water partition coefficient (Wildman–Crippen LogP) is 2.85. The molecule has 8 nitrogen and oxygen atoms in total. The first-order valence-corrected chi connectivity index (χ1v) is 8.98. The summed E-state index contributed by atoms with van der Waals surface area (Å²) in [5.41, 5.74) is -0.575. The second kappa shape index (κ2) is 7.27. The molecule has 1 aliphatic heterocycles.